The van der Waals surface area contributed by atoms with Gasteiger partial charge in [0, 0.05) is 11.6 Å². The van der Waals surface area contributed by atoms with Crippen LogP contribution in [0.1, 0.15) is 5.56 Å². The van der Waals surface area contributed by atoms with Crippen LogP contribution in [0.3, 0.4) is 0 Å². The molecule has 0 radical (unpaired) electrons. The Labute approximate surface area is 189 Å². The molecule has 4 aromatic rings. The zero-order chi connectivity index (χ0) is 22.2. The molecule has 6 nitrogen and oxygen atoms in total. The number of thiazole rings is 1. The monoisotopic (exact) mass is 474 g/mol. The first-order valence-electron chi connectivity index (χ1n) is 9.22. The summed E-state index contributed by atoms with van der Waals surface area (Å²) >= 11 is 8.03. The number of aryl methyl sites for hydroxylation is 1. The number of halogens is 1. The van der Waals surface area contributed by atoms with Gasteiger partial charge in [0.25, 0.3) is 10.0 Å². The summed E-state index contributed by atoms with van der Waals surface area (Å²) in [5, 5.41) is 1.17. The summed E-state index contributed by atoms with van der Waals surface area (Å²) in [5.41, 5.74) is 3.13. The summed E-state index contributed by atoms with van der Waals surface area (Å²) in [4.78, 5) is 4.61. The molecule has 0 bridgehead atoms. The minimum Gasteiger partial charge on any atom is -0.497 e. The van der Waals surface area contributed by atoms with Gasteiger partial charge in [-0.2, -0.15) is 0 Å². The molecule has 0 fully saturated rings. The predicted molar refractivity (Wildman–Crippen MR) is 125 cm³/mol. The quantitative estimate of drug-likeness (QED) is 0.385. The van der Waals surface area contributed by atoms with Crippen molar-refractivity contribution < 1.29 is 17.9 Å². The highest BCUT2D eigenvalue weighted by Gasteiger charge is 2.21. The molecule has 9 heteroatoms. The van der Waals surface area contributed by atoms with Crippen molar-refractivity contribution in [1.29, 1.82) is 0 Å². The van der Waals surface area contributed by atoms with E-state index in [1.807, 2.05) is 19.1 Å². The van der Waals surface area contributed by atoms with Crippen LogP contribution in [0, 0.1) is 6.92 Å². The van der Waals surface area contributed by atoms with E-state index in [4.69, 9.17) is 21.1 Å². The number of rotatable bonds is 6. The lowest BCUT2D eigenvalue weighted by atomic mass is 10.2. The van der Waals surface area contributed by atoms with E-state index in [-0.39, 0.29) is 10.6 Å². The lowest BCUT2D eigenvalue weighted by Gasteiger charge is -2.13. The molecule has 0 aliphatic rings. The molecule has 0 atom stereocenters. The van der Waals surface area contributed by atoms with E-state index in [0.29, 0.717) is 16.5 Å². The minimum absolute atomic E-state index is 0.0314. The molecule has 0 unspecified atom stereocenters. The molecule has 31 heavy (non-hydrogen) atoms. The van der Waals surface area contributed by atoms with Crippen molar-refractivity contribution in [2.45, 2.75) is 11.8 Å². The van der Waals surface area contributed by atoms with Crippen LogP contribution >= 0.6 is 22.9 Å². The van der Waals surface area contributed by atoms with Gasteiger partial charge in [-0.15, -0.1) is 11.3 Å². The topological polar surface area (TPSA) is 77.5 Å². The number of methoxy groups -OCH3 is 2. The van der Waals surface area contributed by atoms with Crippen LogP contribution < -0.4 is 14.2 Å². The Kier molecular flexibility index (Phi) is 5.79. The zero-order valence-corrected chi connectivity index (χ0v) is 19.4. The molecular weight excluding hydrogens is 456 g/mol. The highest BCUT2D eigenvalue weighted by atomic mass is 35.5. The van der Waals surface area contributed by atoms with Gasteiger partial charge in [-0.25, -0.2) is 13.4 Å². The summed E-state index contributed by atoms with van der Waals surface area (Å²) in [6, 6.07) is 15.6. The largest absolute Gasteiger partial charge is 0.497 e. The van der Waals surface area contributed by atoms with Crippen LogP contribution in [-0.4, -0.2) is 27.6 Å². The molecule has 0 saturated carbocycles. The number of fused-ring (bicyclic) bond motifs is 1. The number of anilines is 1. The Hall–Kier alpha value is -2.81. The predicted octanol–water partition coefficient (Wildman–Crippen LogP) is 5.74. The van der Waals surface area contributed by atoms with E-state index < -0.39 is 10.0 Å². The Balaban J connectivity index is 1.66. The average Bonchev–Trinajstić information content (AvgIpc) is 3.15. The first-order valence-corrected chi connectivity index (χ1v) is 11.9. The summed E-state index contributed by atoms with van der Waals surface area (Å²) in [6.07, 6.45) is 0. The number of sulfonamides is 1. The van der Waals surface area contributed by atoms with Crippen molar-refractivity contribution >= 4 is 48.9 Å². The Morgan fingerprint density at radius 2 is 1.81 bits per heavy atom. The van der Waals surface area contributed by atoms with Crippen molar-refractivity contribution in [1.82, 2.24) is 4.98 Å². The standard InChI is InChI=1S/C22H19ClN2O4S2/c1-13-4-8-18-20(10-13)30-22(24-18)16-7-5-14(11-17(16)23)25-31(26,27)21-12-15(28-2)6-9-19(21)29-3/h4-12,25H,1-3H3. The molecule has 1 aromatic heterocycles. The molecule has 3 aromatic carbocycles. The van der Waals surface area contributed by atoms with Gasteiger partial charge in [-0.05, 0) is 55.0 Å². The number of ether oxygens (including phenoxy) is 2. The molecular formula is C22H19ClN2O4S2. The van der Waals surface area contributed by atoms with Gasteiger partial charge in [0.05, 0.1) is 35.1 Å². The van der Waals surface area contributed by atoms with Crippen molar-refractivity contribution in [3.63, 3.8) is 0 Å². The average molecular weight is 475 g/mol. The van der Waals surface area contributed by atoms with E-state index in [1.165, 1.54) is 37.7 Å². The fourth-order valence-corrected chi connectivity index (χ4v) is 5.77. The SMILES string of the molecule is COc1ccc(OC)c(S(=O)(=O)Nc2ccc(-c3nc4ccc(C)cc4s3)c(Cl)c2)c1. The molecule has 1 heterocycles. The number of aromatic nitrogens is 1. The van der Waals surface area contributed by atoms with Gasteiger partial charge < -0.3 is 9.47 Å². The van der Waals surface area contributed by atoms with E-state index >= 15 is 0 Å². The van der Waals surface area contributed by atoms with Gasteiger partial charge in [-0.1, -0.05) is 17.7 Å². The molecule has 0 amide bonds. The van der Waals surface area contributed by atoms with Gasteiger partial charge in [-0.3, -0.25) is 4.72 Å². The van der Waals surface area contributed by atoms with E-state index in [2.05, 4.69) is 15.8 Å². The number of nitrogens with zero attached hydrogens (tertiary/aromatic N) is 1. The molecule has 0 spiro atoms. The van der Waals surface area contributed by atoms with E-state index in [9.17, 15) is 8.42 Å². The highest BCUT2D eigenvalue weighted by molar-refractivity contribution is 7.92. The van der Waals surface area contributed by atoms with Crippen molar-refractivity contribution in [3.05, 3.63) is 65.2 Å². The van der Waals surface area contributed by atoms with Crippen LogP contribution in [0.4, 0.5) is 5.69 Å². The summed E-state index contributed by atoms with van der Waals surface area (Å²) in [7, 11) is -1.06. The molecule has 1 N–H and O–H groups in total. The number of benzene rings is 3. The lowest BCUT2D eigenvalue weighted by Crippen LogP contribution is -2.14. The Morgan fingerprint density at radius 3 is 2.52 bits per heavy atom. The van der Waals surface area contributed by atoms with Crippen LogP contribution in [0.2, 0.25) is 5.02 Å². The molecule has 0 saturated heterocycles. The molecule has 0 aliphatic heterocycles. The number of hydrogen-bond acceptors (Lipinski definition) is 6. The summed E-state index contributed by atoms with van der Waals surface area (Å²) in [6.45, 7) is 2.03. The maximum Gasteiger partial charge on any atom is 0.265 e. The van der Waals surface area contributed by atoms with E-state index in [1.54, 1.807) is 24.3 Å². The first-order chi connectivity index (χ1) is 14.8. The highest BCUT2D eigenvalue weighted by Crippen LogP contribution is 2.37. The van der Waals surface area contributed by atoms with Crippen molar-refractivity contribution in [3.8, 4) is 22.1 Å². The Bertz CT molecular complexity index is 1380. The fraction of sp³-hybridized carbons (Fsp3) is 0.136. The lowest BCUT2D eigenvalue weighted by molar-refractivity contribution is 0.392. The van der Waals surface area contributed by atoms with Gasteiger partial charge in [0.2, 0.25) is 0 Å². The second-order valence-corrected chi connectivity index (χ2v) is 9.90. The van der Waals surface area contributed by atoms with Crippen LogP contribution in [-0.2, 0) is 10.0 Å². The normalized spacial score (nSPS) is 11.5. The van der Waals surface area contributed by atoms with Crippen LogP contribution in [0.15, 0.2) is 59.5 Å². The zero-order valence-electron chi connectivity index (χ0n) is 17.0. The number of hydrogen-bond donors (Lipinski definition) is 1. The molecule has 0 aliphatic carbocycles. The summed E-state index contributed by atoms with van der Waals surface area (Å²) in [5.74, 6) is 0.612. The first kappa shape index (κ1) is 21.4. The third-order valence-electron chi connectivity index (χ3n) is 4.66. The molecule has 160 valence electrons. The van der Waals surface area contributed by atoms with Gasteiger partial charge in [0.1, 0.15) is 21.4 Å². The van der Waals surface area contributed by atoms with Crippen LogP contribution in [0.5, 0.6) is 11.5 Å². The number of nitrogens with one attached hydrogen (secondary N) is 1. The van der Waals surface area contributed by atoms with Crippen molar-refractivity contribution in [2.24, 2.45) is 0 Å². The summed E-state index contributed by atoms with van der Waals surface area (Å²) < 4.78 is 39.9. The fourth-order valence-electron chi connectivity index (χ4n) is 3.10. The third-order valence-corrected chi connectivity index (χ3v) is 7.42. The second-order valence-electron chi connectivity index (χ2n) is 6.81. The smallest absolute Gasteiger partial charge is 0.265 e. The van der Waals surface area contributed by atoms with Crippen molar-refractivity contribution in [2.75, 3.05) is 18.9 Å². The maximum atomic E-state index is 13.0. The molecule has 4 rings (SSSR count). The van der Waals surface area contributed by atoms with Crippen LogP contribution in [0.25, 0.3) is 20.8 Å². The minimum atomic E-state index is -3.93. The third kappa shape index (κ3) is 4.32. The van der Waals surface area contributed by atoms with E-state index in [0.717, 1.165) is 26.4 Å². The maximum absolute atomic E-state index is 13.0. The Morgan fingerprint density at radius 1 is 1.00 bits per heavy atom. The van der Waals surface area contributed by atoms with Gasteiger partial charge in [0.15, 0.2) is 0 Å². The van der Waals surface area contributed by atoms with Gasteiger partial charge >= 0.3 is 0 Å². The second kappa shape index (κ2) is 8.37.